The number of aromatic nitrogens is 3. The highest BCUT2D eigenvalue weighted by atomic mass is 16.5. The lowest BCUT2D eigenvalue weighted by atomic mass is 9.93. The SMILES string of the molecule is COc1ccc(C2CC(c3ccccc3OC)n3nc(N)nc3N2)cc1. The highest BCUT2D eigenvalue weighted by Crippen LogP contribution is 2.40. The van der Waals surface area contributed by atoms with E-state index in [9.17, 15) is 0 Å². The van der Waals surface area contributed by atoms with Crippen LogP contribution in [-0.2, 0) is 0 Å². The van der Waals surface area contributed by atoms with Gasteiger partial charge in [-0.3, -0.25) is 0 Å². The lowest BCUT2D eigenvalue weighted by molar-refractivity contribution is 0.380. The van der Waals surface area contributed by atoms with Gasteiger partial charge in [-0.2, -0.15) is 4.98 Å². The topological polar surface area (TPSA) is 87.2 Å². The number of rotatable bonds is 4. The van der Waals surface area contributed by atoms with Gasteiger partial charge in [0.15, 0.2) is 0 Å². The van der Waals surface area contributed by atoms with E-state index >= 15 is 0 Å². The summed E-state index contributed by atoms with van der Waals surface area (Å²) in [6, 6.07) is 16.1. The number of anilines is 2. The zero-order valence-electron chi connectivity index (χ0n) is 14.7. The average Bonchev–Trinajstić information content (AvgIpc) is 3.07. The summed E-state index contributed by atoms with van der Waals surface area (Å²) in [5.41, 5.74) is 8.07. The first kappa shape index (κ1) is 16.3. The summed E-state index contributed by atoms with van der Waals surface area (Å²) < 4.78 is 12.7. The number of nitrogen functional groups attached to an aromatic ring is 1. The van der Waals surface area contributed by atoms with Crippen LogP contribution in [0.2, 0.25) is 0 Å². The summed E-state index contributed by atoms with van der Waals surface area (Å²) in [4.78, 5) is 4.34. The van der Waals surface area contributed by atoms with Crippen LogP contribution >= 0.6 is 0 Å². The standard InChI is InChI=1S/C19H21N5O2/c1-25-13-9-7-12(8-10-13)15-11-16(14-5-3-4-6-17(14)26-2)24-19(21-15)22-18(20)23-24/h3-10,15-16H,11H2,1-2H3,(H3,20,21,22,23). The second kappa shape index (κ2) is 6.59. The third-order valence-electron chi connectivity index (χ3n) is 4.72. The minimum Gasteiger partial charge on any atom is -0.497 e. The van der Waals surface area contributed by atoms with Gasteiger partial charge in [-0.25, -0.2) is 4.68 Å². The van der Waals surface area contributed by atoms with E-state index in [1.165, 1.54) is 0 Å². The molecule has 0 aliphatic carbocycles. The van der Waals surface area contributed by atoms with Crippen molar-refractivity contribution in [2.45, 2.75) is 18.5 Å². The molecule has 7 heteroatoms. The number of para-hydroxylation sites is 1. The van der Waals surface area contributed by atoms with E-state index in [0.29, 0.717) is 5.95 Å². The number of nitrogens with one attached hydrogen (secondary N) is 1. The summed E-state index contributed by atoms with van der Waals surface area (Å²) in [5, 5.41) is 7.82. The van der Waals surface area contributed by atoms with Gasteiger partial charge in [0.2, 0.25) is 11.9 Å². The van der Waals surface area contributed by atoms with E-state index in [1.807, 2.05) is 35.0 Å². The van der Waals surface area contributed by atoms with Crippen LogP contribution in [0.3, 0.4) is 0 Å². The van der Waals surface area contributed by atoms with Gasteiger partial charge in [0.1, 0.15) is 11.5 Å². The fourth-order valence-electron chi connectivity index (χ4n) is 3.45. The molecule has 0 saturated carbocycles. The molecule has 0 fully saturated rings. The minimum absolute atomic E-state index is 0.0284. The maximum absolute atomic E-state index is 5.86. The number of ether oxygens (including phenoxy) is 2. The van der Waals surface area contributed by atoms with Crippen LogP contribution in [0.4, 0.5) is 11.9 Å². The van der Waals surface area contributed by atoms with Crippen molar-refractivity contribution in [3.05, 3.63) is 59.7 Å². The predicted molar refractivity (Wildman–Crippen MR) is 99.5 cm³/mol. The molecule has 26 heavy (non-hydrogen) atoms. The second-order valence-electron chi connectivity index (χ2n) is 6.20. The molecular weight excluding hydrogens is 330 g/mol. The van der Waals surface area contributed by atoms with E-state index in [2.05, 4.69) is 33.6 Å². The molecule has 7 nitrogen and oxygen atoms in total. The monoisotopic (exact) mass is 351 g/mol. The Morgan fingerprint density at radius 2 is 1.85 bits per heavy atom. The number of fused-ring (bicyclic) bond motifs is 1. The van der Waals surface area contributed by atoms with Gasteiger partial charge in [0.25, 0.3) is 0 Å². The van der Waals surface area contributed by atoms with E-state index in [4.69, 9.17) is 15.2 Å². The van der Waals surface area contributed by atoms with Crippen molar-refractivity contribution in [2.75, 3.05) is 25.3 Å². The lowest BCUT2D eigenvalue weighted by Gasteiger charge is -2.32. The Balaban J connectivity index is 1.75. The number of benzene rings is 2. The third-order valence-corrected chi connectivity index (χ3v) is 4.72. The summed E-state index contributed by atoms with van der Waals surface area (Å²) in [6.07, 6.45) is 0.794. The molecule has 2 aromatic carbocycles. The van der Waals surface area contributed by atoms with Gasteiger partial charge < -0.3 is 20.5 Å². The maximum Gasteiger partial charge on any atom is 0.241 e. The first-order valence-corrected chi connectivity index (χ1v) is 8.45. The highest BCUT2D eigenvalue weighted by Gasteiger charge is 2.32. The predicted octanol–water partition coefficient (Wildman–Crippen LogP) is 3.02. The minimum atomic E-state index is -0.0284. The van der Waals surface area contributed by atoms with E-state index in [-0.39, 0.29) is 18.0 Å². The molecule has 4 rings (SSSR count). The van der Waals surface area contributed by atoms with Gasteiger partial charge in [-0.05, 0) is 30.2 Å². The second-order valence-corrected chi connectivity index (χ2v) is 6.20. The van der Waals surface area contributed by atoms with Gasteiger partial charge in [-0.15, -0.1) is 5.10 Å². The molecule has 3 aromatic rings. The zero-order chi connectivity index (χ0) is 18.1. The lowest BCUT2D eigenvalue weighted by Crippen LogP contribution is -2.28. The van der Waals surface area contributed by atoms with Crippen molar-refractivity contribution >= 4 is 11.9 Å². The van der Waals surface area contributed by atoms with E-state index < -0.39 is 0 Å². The molecule has 0 amide bonds. The van der Waals surface area contributed by atoms with Crippen LogP contribution in [0.15, 0.2) is 48.5 Å². The summed E-state index contributed by atoms with van der Waals surface area (Å²) >= 11 is 0. The number of methoxy groups -OCH3 is 2. The molecule has 134 valence electrons. The van der Waals surface area contributed by atoms with Crippen molar-refractivity contribution in [1.82, 2.24) is 14.8 Å². The van der Waals surface area contributed by atoms with Gasteiger partial charge in [-0.1, -0.05) is 30.3 Å². The summed E-state index contributed by atoms with van der Waals surface area (Å²) in [7, 11) is 3.34. The zero-order valence-corrected chi connectivity index (χ0v) is 14.7. The van der Waals surface area contributed by atoms with Crippen LogP contribution in [0.5, 0.6) is 11.5 Å². The normalized spacial score (nSPS) is 18.7. The molecule has 2 atom stereocenters. The Morgan fingerprint density at radius 3 is 2.58 bits per heavy atom. The smallest absolute Gasteiger partial charge is 0.241 e. The van der Waals surface area contributed by atoms with Crippen LogP contribution in [-0.4, -0.2) is 29.0 Å². The summed E-state index contributed by atoms with van der Waals surface area (Å²) in [6.45, 7) is 0. The van der Waals surface area contributed by atoms with Gasteiger partial charge in [0, 0.05) is 5.56 Å². The highest BCUT2D eigenvalue weighted by molar-refractivity contribution is 5.45. The van der Waals surface area contributed by atoms with Crippen LogP contribution in [0, 0.1) is 0 Å². The Morgan fingerprint density at radius 1 is 1.08 bits per heavy atom. The fraction of sp³-hybridized carbons (Fsp3) is 0.263. The molecule has 3 N–H and O–H groups in total. The molecule has 0 bridgehead atoms. The first-order valence-electron chi connectivity index (χ1n) is 8.45. The molecule has 2 heterocycles. The molecule has 2 unspecified atom stereocenters. The Labute approximate surface area is 151 Å². The number of hydrogen-bond donors (Lipinski definition) is 2. The van der Waals surface area contributed by atoms with Crippen molar-refractivity contribution in [2.24, 2.45) is 0 Å². The quantitative estimate of drug-likeness (QED) is 0.751. The Bertz CT molecular complexity index is 907. The molecule has 0 radical (unpaired) electrons. The molecule has 1 aliphatic heterocycles. The largest absolute Gasteiger partial charge is 0.497 e. The van der Waals surface area contributed by atoms with Crippen molar-refractivity contribution in [3.8, 4) is 11.5 Å². The van der Waals surface area contributed by atoms with Crippen molar-refractivity contribution in [1.29, 1.82) is 0 Å². The summed E-state index contributed by atoms with van der Waals surface area (Å²) in [5.74, 6) is 2.57. The number of nitrogens with zero attached hydrogens (tertiary/aromatic N) is 3. The van der Waals surface area contributed by atoms with Crippen LogP contribution < -0.4 is 20.5 Å². The van der Waals surface area contributed by atoms with Crippen molar-refractivity contribution in [3.63, 3.8) is 0 Å². The molecular formula is C19H21N5O2. The third kappa shape index (κ3) is 2.81. The molecule has 1 aromatic heterocycles. The average molecular weight is 351 g/mol. The van der Waals surface area contributed by atoms with Crippen LogP contribution in [0.25, 0.3) is 0 Å². The van der Waals surface area contributed by atoms with E-state index in [0.717, 1.165) is 29.0 Å². The van der Waals surface area contributed by atoms with E-state index in [1.54, 1.807) is 14.2 Å². The number of hydrogen-bond acceptors (Lipinski definition) is 6. The Kier molecular flexibility index (Phi) is 4.12. The molecule has 0 saturated heterocycles. The molecule has 1 aliphatic rings. The van der Waals surface area contributed by atoms with Gasteiger partial charge >= 0.3 is 0 Å². The fourth-order valence-corrected chi connectivity index (χ4v) is 3.45. The van der Waals surface area contributed by atoms with Crippen LogP contribution in [0.1, 0.15) is 29.6 Å². The Hall–Kier alpha value is -3.22. The molecule has 0 spiro atoms. The van der Waals surface area contributed by atoms with Gasteiger partial charge in [0.05, 0.1) is 26.3 Å². The first-order chi connectivity index (χ1) is 12.7. The number of nitrogens with two attached hydrogens (primary N) is 1. The van der Waals surface area contributed by atoms with Crippen molar-refractivity contribution < 1.29 is 9.47 Å². The maximum atomic E-state index is 5.86.